The van der Waals surface area contributed by atoms with Crippen molar-refractivity contribution < 1.29 is 18.0 Å². The third-order valence-electron chi connectivity index (χ3n) is 9.09. The summed E-state index contributed by atoms with van der Waals surface area (Å²) in [7, 11) is 0. The fourth-order valence-corrected chi connectivity index (χ4v) is 6.91. The number of carbonyl (C=O) groups is 1. The Morgan fingerprint density at radius 3 is 2.65 bits per heavy atom. The molecule has 4 aliphatic rings. The van der Waals surface area contributed by atoms with E-state index in [2.05, 4.69) is 28.6 Å². The number of nitrogens with zero attached hydrogens (tertiary/aromatic N) is 4. The number of fused-ring (bicyclic) bond motifs is 2. The molecule has 0 N–H and O–H groups in total. The number of halogens is 3. The zero-order chi connectivity index (χ0) is 24.1. The lowest BCUT2D eigenvalue weighted by atomic mass is 9.73. The third-order valence-corrected chi connectivity index (χ3v) is 9.09. The summed E-state index contributed by atoms with van der Waals surface area (Å²) in [5, 5.41) is 0. The number of amides is 1. The van der Waals surface area contributed by atoms with Crippen molar-refractivity contribution in [2.24, 2.45) is 11.3 Å². The van der Waals surface area contributed by atoms with Crippen LogP contribution in [0.15, 0.2) is 12.3 Å². The van der Waals surface area contributed by atoms with Gasteiger partial charge >= 0.3 is 6.18 Å². The Balaban J connectivity index is 1.30. The number of hydrogen-bond donors (Lipinski definition) is 0. The van der Waals surface area contributed by atoms with Gasteiger partial charge in [-0.1, -0.05) is 20.3 Å². The van der Waals surface area contributed by atoms with Crippen LogP contribution in [-0.2, 0) is 23.9 Å². The Labute approximate surface area is 200 Å². The average Bonchev–Trinajstić information content (AvgIpc) is 3.29. The molecule has 2 saturated heterocycles. The van der Waals surface area contributed by atoms with Gasteiger partial charge in [0.2, 0.25) is 5.91 Å². The van der Waals surface area contributed by atoms with Crippen molar-refractivity contribution in [2.45, 2.75) is 83.6 Å². The van der Waals surface area contributed by atoms with Crippen molar-refractivity contribution in [3.05, 3.63) is 29.1 Å². The summed E-state index contributed by atoms with van der Waals surface area (Å²) in [5.74, 6) is 0.325. The molecular formula is C26H37F3N4O. The van der Waals surface area contributed by atoms with E-state index in [1.165, 1.54) is 31.9 Å². The van der Waals surface area contributed by atoms with E-state index in [4.69, 9.17) is 0 Å². The predicted octanol–water partition coefficient (Wildman–Crippen LogP) is 4.35. The van der Waals surface area contributed by atoms with E-state index in [0.29, 0.717) is 36.3 Å². The third kappa shape index (κ3) is 4.36. The van der Waals surface area contributed by atoms with E-state index in [0.717, 1.165) is 45.1 Å². The second-order valence-corrected chi connectivity index (χ2v) is 11.2. The summed E-state index contributed by atoms with van der Waals surface area (Å²) in [6.07, 6.45) is 3.66. The van der Waals surface area contributed by atoms with E-state index >= 15 is 0 Å². The summed E-state index contributed by atoms with van der Waals surface area (Å²) in [5.41, 5.74) is 0.0597. The van der Waals surface area contributed by atoms with Crippen molar-refractivity contribution in [3.63, 3.8) is 0 Å². The lowest BCUT2D eigenvalue weighted by molar-refractivity contribution is -0.146. The van der Waals surface area contributed by atoms with Gasteiger partial charge in [0.1, 0.15) is 0 Å². The second-order valence-electron chi connectivity index (χ2n) is 11.2. The highest BCUT2D eigenvalue weighted by molar-refractivity contribution is 5.83. The quantitative estimate of drug-likeness (QED) is 0.648. The number of piperazine rings is 1. The molecule has 1 saturated carbocycles. The van der Waals surface area contributed by atoms with Gasteiger partial charge in [0.15, 0.2) is 0 Å². The van der Waals surface area contributed by atoms with E-state index in [1.807, 2.05) is 4.90 Å². The number of rotatable bonds is 3. The normalized spacial score (nSPS) is 30.9. The molecule has 5 nitrogen and oxygen atoms in total. The van der Waals surface area contributed by atoms with Crippen LogP contribution in [0.2, 0.25) is 0 Å². The monoisotopic (exact) mass is 478 g/mol. The van der Waals surface area contributed by atoms with Crippen LogP contribution in [0.4, 0.5) is 13.2 Å². The van der Waals surface area contributed by atoms with Gasteiger partial charge in [-0.15, -0.1) is 0 Å². The molecule has 0 aromatic carbocycles. The van der Waals surface area contributed by atoms with Crippen LogP contribution in [-0.4, -0.2) is 70.4 Å². The zero-order valence-electron chi connectivity index (χ0n) is 20.4. The Morgan fingerprint density at radius 2 is 1.88 bits per heavy atom. The Kier molecular flexibility index (Phi) is 6.42. The summed E-state index contributed by atoms with van der Waals surface area (Å²) in [6, 6.07) is 2.26. The Morgan fingerprint density at radius 1 is 1.09 bits per heavy atom. The number of piperidine rings is 1. The lowest BCUT2D eigenvalue weighted by Crippen LogP contribution is -2.57. The molecule has 3 aliphatic heterocycles. The molecule has 3 fully saturated rings. The molecule has 1 aromatic heterocycles. The minimum absolute atomic E-state index is 0.129. The lowest BCUT2D eigenvalue weighted by Gasteiger charge is -2.46. The van der Waals surface area contributed by atoms with Gasteiger partial charge in [0.05, 0.1) is 11.0 Å². The molecular weight excluding hydrogens is 441 g/mol. The fourth-order valence-electron chi connectivity index (χ4n) is 6.91. The molecule has 4 heterocycles. The van der Waals surface area contributed by atoms with Gasteiger partial charge in [0, 0.05) is 63.1 Å². The first-order valence-electron chi connectivity index (χ1n) is 13.0. The molecule has 5 rings (SSSR count). The van der Waals surface area contributed by atoms with Crippen LogP contribution < -0.4 is 0 Å². The molecule has 0 bridgehead atoms. The molecule has 3 atom stereocenters. The summed E-state index contributed by atoms with van der Waals surface area (Å²) in [6.45, 7) is 9.57. The van der Waals surface area contributed by atoms with Crippen molar-refractivity contribution >= 4 is 5.91 Å². The number of aromatic nitrogens is 1. The maximum absolute atomic E-state index is 14.0. The molecule has 1 amide bonds. The average molecular weight is 479 g/mol. The standard InChI is InChI=1S/C26H37F3N4O/c1-18(2)25(8-6-21(14-25)32-12-11-31-9-4-3-5-22(31)17-32)24(34)33-10-7-23-19(16-33)13-20(15-30-23)26(27,28)29/h13,15,18,21-22H,3-12,14,16-17H2,1-2H3/t21?,22?,25-/m0/s1. The van der Waals surface area contributed by atoms with Gasteiger partial charge in [-0.05, 0) is 56.2 Å². The molecule has 2 unspecified atom stereocenters. The molecule has 8 heteroatoms. The van der Waals surface area contributed by atoms with Crippen LogP contribution in [0.1, 0.15) is 69.2 Å². The van der Waals surface area contributed by atoms with Crippen LogP contribution in [0.3, 0.4) is 0 Å². The first-order chi connectivity index (χ1) is 16.2. The molecule has 1 aromatic rings. The Hall–Kier alpha value is -1.67. The highest BCUT2D eigenvalue weighted by Crippen LogP contribution is 2.48. The molecule has 0 spiro atoms. The summed E-state index contributed by atoms with van der Waals surface area (Å²) in [4.78, 5) is 25.1. The van der Waals surface area contributed by atoms with Gasteiger partial charge in [-0.2, -0.15) is 13.2 Å². The zero-order valence-corrected chi connectivity index (χ0v) is 20.4. The van der Waals surface area contributed by atoms with Crippen molar-refractivity contribution in [1.82, 2.24) is 19.7 Å². The smallest absolute Gasteiger partial charge is 0.337 e. The topological polar surface area (TPSA) is 39.7 Å². The Bertz CT molecular complexity index is 920. The van der Waals surface area contributed by atoms with Gasteiger partial charge in [-0.25, -0.2) is 0 Å². The van der Waals surface area contributed by atoms with Crippen LogP contribution in [0, 0.1) is 11.3 Å². The van der Waals surface area contributed by atoms with E-state index < -0.39 is 17.2 Å². The first kappa shape index (κ1) is 24.0. The van der Waals surface area contributed by atoms with E-state index in [1.54, 1.807) is 0 Å². The second kappa shape index (κ2) is 9.08. The predicted molar refractivity (Wildman–Crippen MR) is 124 cm³/mol. The van der Waals surface area contributed by atoms with Crippen LogP contribution in [0.5, 0.6) is 0 Å². The maximum Gasteiger partial charge on any atom is 0.417 e. The van der Waals surface area contributed by atoms with Crippen LogP contribution in [0.25, 0.3) is 0 Å². The van der Waals surface area contributed by atoms with Gasteiger partial charge < -0.3 is 4.90 Å². The van der Waals surface area contributed by atoms with E-state index in [-0.39, 0.29) is 18.4 Å². The summed E-state index contributed by atoms with van der Waals surface area (Å²) < 4.78 is 39.7. The van der Waals surface area contributed by atoms with Crippen molar-refractivity contribution in [2.75, 3.05) is 32.7 Å². The molecule has 34 heavy (non-hydrogen) atoms. The van der Waals surface area contributed by atoms with Gasteiger partial charge in [0.25, 0.3) is 0 Å². The molecule has 0 radical (unpaired) electrons. The van der Waals surface area contributed by atoms with Crippen LogP contribution >= 0.6 is 0 Å². The molecule has 1 aliphatic carbocycles. The minimum atomic E-state index is -4.42. The summed E-state index contributed by atoms with van der Waals surface area (Å²) >= 11 is 0. The van der Waals surface area contributed by atoms with E-state index in [9.17, 15) is 18.0 Å². The highest BCUT2D eigenvalue weighted by Gasteiger charge is 2.51. The largest absolute Gasteiger partial charge is 0.417 e. The SMILES string of the molecule is CC(C)[C@]1(C(=O)N2CCc3ncc(C(F)(F)F)cc3C2)CCC(N2CCN3CCCCC3C2)C1. The number of pyridine rings is 1. The number of alkyl halides is 3. The number of hydrogen-bond acceptors (Lipinski definition) is 4. The van der Waals surface area contributed by atoms with Gasteiger partial charge in [-0.3, -0.25) is 19.6 Å². The number of carbonyl (C=O) groups excluding carboxylic acids is 1. The van der Waals surface area contributed by atoms with Crippen molar-refractivity contribution in [3.8, 4) is 0 Å². The first-order valence-corrected chi connectivity index (χ1v) is 13.0. The van der Waals surface area contributed by atoms with Crippen molar-refractivity contribution in [1.29, 1.82) is 0 Å². The molecule has 188 valence electrons. The maximum atomic E-state index is 14.0. The minimum Gasteiger partial charge on any atom is -0.337 e. The fraction of sp³-hybridized carbons (Fsp3) is 0.769. The highest BCUT2D eigenvalue weighted by atomic mass is 19.4.